The quantitative estimate of drug-likeness (QED) is 0.641. The first-order chi connectivity index (χ1) is 10.6. The Kier molecular flexibility index (Phi) is 6.19. The molecule has 0 unspecified atom stereocenters. The van der Waals surface area contributed by atoms with Gasteiger partial charge in [-0.25, -0.2) is 0 Å². The van der Waals surface area contributed by atoms with E-state index < -0.39 is 0 Å². The maximum absolute atomic E-state index is 11.9. The van der Waals surface area contributed by atoms with Crippen LogP contribution in [-0.2, 0) is 14.3 Å². The zero-order valence-corrected chi connectivity index (χ0v) is 14.1. The highest BCUT2D eigenvalue weighted by molar-refractivity contribution is 9.10. The fraction of sp³-hybridized carbons (Fsp3) is 0.412. The molecular weight excluding hydrogens is 346 g/mol. The SMILES string of the molecule is C[C@@H](NC(=O)COC(=O)[C@H]1CC=CCC1)c1ccc(Br)cc1. The highest BCUT2D eigenvalue weighted by atomic mass is 79.9. The molecule has 1 N–H and O–H groups in total. The number of hydrogen-bond donors (Lipinski definition) is 1. The third-order valence-electron chi connectivity index (χ3n) is 3.70. The van der Waals surface area contributed by atoms with Crippen molar-refractivity contribution in [2.75, 3.05) is 6.61 Å². The van der Waals surface area contributed by atoms with E-state index in [9.17, 15) is 9.59 Å². The standard InChI is InChI=1S/C17H20BrNO3/c1-12(13-7-9-15(18)10-8-13)19-16(20)11-22-17(21)14-5-3-2-4-6-14/h2-3,7-10,12,14H,4-6,11H2,1H3,(H,19,20)/t12-,14+/m1/s1. The second-order valence-corrected chi connectivity index (χ2v) is 6.35. The first-order valence-electron chi connectivity index (χ1n) is 7.42. The van der Waals surface area contributed by atoms with Crippen molar-refractivity contribution in [3.8, 4) is 0 Å². The second-order valence-electron chi connectivity index (χ2n) is 5.43. The van der Waals surface area contributed by atoms with Gasteiger partial charge in [0.25, 0.3) is 5.91 Å². The van der Waals surface area contributed by atoms with E-state index in [4.69, 9.17) is 4.74 Å². The Morgan fingerprint density at radius 2 is 2.05 bits per heavy atom. The first kappa shape index (κ1) is 16.7. The molecule has 4 nitrogen and oxygen atoms in total. The number of halogens is 1. The van der Waals surface area contributed by atoms with Crippen molar-refractivity contribution in [1.29, 1.82) is 0 Å². The largest absolute Gasteiger partial charge is 0.455 e. The number of rotatable bonds is 5. The summed E-state index contributed by atoms with van der Waals surface area (Å²) in [5.74, 6) is -0.674. The van der Waals surface area contributed by atoms with Crippen molar-refractivity contribution in [2.24, 2.45) is 5.92 Å². The zero-order valence-electron chi connectivity index (χ0n) is 12.5. The molecule has 1 amide bonds. The van der Waals surface area contributed by atoms with Crippen LogP contribution in [0.1, 0.15) is 37.8 Å². The number of hydrogen-bond acceptors (Lipinski definition) is 3. The van der Waals surface area contributed by atoms with Gasteiger partial charge in [0.05, 0.1) is 12.0 Å². The van der Waals surface area contributed by atoms with Gasteiger partial charge in [0.15, 0.2) is 6.61 Å². The maximum Gasteiger partial charge on any atom is 0.309 e. The van der Waals surface area contributed by atoms with Gasteiger partial charge in [-0.1, -0.05) is 40.2 Å². The number of benzene rings is 1. The molecule has 1 aliphatic rings. The van der Waals surface area contributed by atoms with Crippen LogP contribution in [-0.4, -0.2) is 18.5 Å². The van der Waals surface area contributed by atoms with Crippen LogP contribution in [0.2, 0.25) is 0 Å². The van der Waals surface area contributed by atoms with E-state index in [1.54, 1.807) is 0 Å². The van der Waals surface area contributed by atoms with Crippen molar-refractivity contribution >= 4 is 27.8 Å². The molecule has 0 saturated heterocycles. The molecule has 0 heterocycles. The molecule has 0 radical (unpaired) electrons. The minimum absolute atomic E-state index is 0.110. The Hall–Kier alpha value is -1.62. The molecule has 2 rings (SSSR count). The Labute approximate surface area is 139 Å². The molecule has 0 fully saturated rings. The number of amides is 1. The molecule has 2 atom stereocenters. The second kappa shape index (κ2) is 8.13. The summed E-state index contributed by atoms with van der Waals surface area (Å²) in [7, 11) is 0. The van der Waals surface area contributed by atoms with Gasteiger partial charge in [-0.05, 0) is 43.9 Å². The number of carbonyl (C=O) groups is 2. The van der Waals surface area contributed by atoms with Crippen LogP contribution in [0.5, 0.6) is 0 Å². The van der Waals surface area contributed by atoms with E-state index >= 15 is 0 Å². The summed E-state index contributed by atoms with van der Waals surface area (Å²) in [5.41, 5.74) is 1.00. The van der Waals surface area contributed by atoms with Gasteiger partial charge in [-0.3, -0.25) is 9.59 Å². The third-order valence-corrected chi connectivity index (χ3v) is 4.22. The lowest BCUT2D eigenvalue weighted by atomic mass is 9.95. The van der Waals surface area contributed by atoms with E-state index in [0.29, 0.717) is 6.42 Å². The molecule has 22 heavy (non-hydrogen) atoms. The summed E-state index contributed by atoms with van der Waals surface area (Å²) < 4.78 is 6.10. The van der Waals surface area contributed by atoms with Crippen LogP contribution >= 0.6 is 15.9 Å². The van der Waals surface area contributed by atoms with E-state index in [1.165, 1.54) is 0 Å². The van der Waals surface area contributed by atoms with Crippen LogP contribution in [0.15, 0.2) is 40.9 Å². The van der Waals surface area contributed by atoms with E-state index in [0.717, 1.165) is 22.9 Å². The Bertz CT molecular complexity index is 554. The van der Waals surface area contributed by atoms with Gasteiger partial charge in [0, 0.05) is 4.47 Å². The van der Waals surface area contributed by atoms with Gasteiger partial charge < -0.3 is 10.1 Å². The van der Waals surface area contributed by atoms with E-state index in [1.807, 2.05) is 37.3 Å². The molecule has 0 spiro atoms. The highest BCUT2D eigenvalue weighted by Crippen LogP contribution is 2.19. The van der Waals surface area contributed by atoms with Gasteiger partial charge in [0.1, 0.15) is 0 Å². The average Bonchev–Trinajstić information content (AvgIpc) is 2.54. The topological polar surface area (TPSA) is 55.4 Å². The Balaban J connectivity index is 1.76. The van der Waals surface area contributed by atoms with Gasteiger partial charge in [-0.15, -0.1) is 0 Å². The lowest BCUT2D eigenvalue weighted by Crippen LogP contribution is -2.32. The fourth-order valence-corrected chi connectivity index (χ4v) is 2.64. The third kappa shape index (κ3) is 4.98. The van der Waals surface area contributed by atoms with Crippen molar-refractivity contribution in [3.05, 3.63) is 46.5 Å². The average molecular weight is 366 g/mol. The lowest BCUT2D eigenvalue weighted by Gasteiger charge is -2.17. The molecular formula is C17H20BrNO3. The molecule has 0 aliphatic heterocycles. The monoisotopic (exact) mass is 365 g/mol. The molecule has 1 aromatic rings. The molecule has 118 valence electrons. The first-order valence-corrected chi connectivity index (χ1v) is 8.22. The van der Waals surface area contributed by atoms with Crippen molar-refractivity contribution in [3.63, 3.8) is 0 Å². The van der Waals surface area contributed by atoms with Gasteiger partial charge in [0.2, 0.25) is 0 Å². The van der Waals surface area contributed by atoms with Crippen molar-refractivity contribution < 1.29 is 14.3 Å². The van der Waals surface area contributed by atoms with E-state index in [-0.39, 0.29) is 30.4 Å². The molecule has 5 heteroatoms. The molecule has 0 saturated carbocycles. The summed E-state index contributed by atoms with van der Waals surface area (Å²) in [4.78, 5) is 23.7. The number of esters is 1. The number of nitrogens with one attached hydrogen (secondary N) is 1. The van der Waals surface area contributed by atoms with Crippen LogP contribution in [0.3, 0.4) is 0 Å². The molecule has 0 aromatic heterocycles. The number of ether oxygens (including phenoxy) is 1. The molecule has 1 aromatic carbocycles. The van der Waals surface area contributed by atoms with Crippen LogP contribution in [0, 0.1) is 5.92 Å². The summed E-state index contributed by atoms with van der Waals surface area (Å²) in [6, 6.07) is 7.60. The minimum atomic E-state index is -0.282. The lowest BCUT2D eigenvalue weighted by molar-refractivity contribution is -0.153. The van der Waals surface area contributed by atoms with E-state index in [2.05, 4.69) is 27.3 Å². The van der Waals surface area contributed by atoms with Crippen molar-refractivity contribution in [2.45, 2.75) is 32.2 Å². The molecule has 1 aliphatic carbocycles. The smallest absolute Gasteiger partial charge is 0.309 e. The van der Waals surface area contributed by atoms with Crippen LogP contribution in [0.4, 0.5) is 0 Å². The summed E-state index contributed by atoms with van der Waals surface area (Å²) >= 11 is 3.37. The van der Waals surface area contributed by atoms with Crippen LogP contribution in [0.25, 0.3) is 0 Å². The maximum atomic E-state index is 11.9. The Morgan fingerprint density at radius 1 is 1.32 bits per heavy atom. The normalized spacial score (nSPS) is 18.5. The Morgan fingerprint density at radius 3 is 2.68 bits per heavy atom. The fourth-order valence-electron chi connectivity index (χ4n) is 2.38. The van der Waals surface area contributed by atoms with Gasteiger partial charge >= 0.3 is 5.97 Å². The van der Waals surface area contributed by atoms with Gasteiger partial charge in [-0.2, -0.15) is 0 Å². The number of allylic oxidation sites excluding steroid dienone is 2. The van der Waals surface area contributed by atoms with Crippen LogP contribution < -0.4 is 5.32 Å². The summed E-state index contributed by atoms with van der Waals surface area (Å²) in [5, 5.41) is 2.83. The highest BCUT2D eigenvalue weighted by Gasteiger charge is 2.21. The number of carbonyl (C=O) groups excluding carboxylic acids is 2. The molecule has 0 bridgehead atoms. The van der Waals surface area contributed by atoms with Crippen molar-refractivity contribution in [1.82, 2.24) is 5.32 Å². The minimum Gasteiger partial charge on any atom is -0.455 e. The predicted molar refractivity (Wildman–Crippen MR) is 88.1 cm³/mol. The predicted octanol–water partition coefficient (Wildman–Crippen LogP) is 3.53. The zero-order chi connectivity index (χ0) is 15.9. The summed E-state index contributed by atoms with van der Waals surface area (Å²) in [6.45, 7) is 1.68. The summed E-state index contributed by atoms with van der Waals surface area (Å²) in [6.07, 6.45) is 6.45.